The summed E-state index contributed by atoms with van der Waals surface area (Å²) >= 11 is 22.4. The molecule has 2 aromatic rings. The van der Waals surface area contributed by atoms with E-state index in [0.29, 0.717) is 19.8 Å². The lowest BCUT2D eigenvalue weighted by atomic mass is 9.78. The third-order valence-electron chi connectivity index (χ3n) is 8.23. The number of benzene rings is 2. The highest BCUT2D eigenvalue weighted by atomic mass is 79.9. The van der Waals surface area contributed by atoms with Crippen LogP contribution in [0.3, 0.4) is 0 Å². The third kappa shape index (κ3) is 16.4. The SMILES string of the molecule is CCCCCCCCOCC(Br)COc1c(Br)cc(C(C)(C)c2cc(Br)c(OCC(CBr)OCCCCCCCC)c(Br)c2)cc1Br. The van der Waals surface area contributed by atoms with Crippen LogP contribution >= 0.6 is 95.6 Å². The van der Waals surface area contributed by atoms with Crippen LogP contribution in [0.4, 0.5) is 0 Å². The van der Waals surface area contributed by atoms with Crippen LogP contribution in [-0.2, 0) is 14.9 Å². The van der Waals surface area contributed by atoms with Crippen molar-refractivity contribution in [1.82, 2.24) is 0 Å². The molecule has 0 aliphatic carbocycles. The van der Waals surface area contributed by atoms with Gasteiger partial charge in [0, 0.05) is 24.0 Å². The summed E-state index contributed by atoms with van der Waals surface area (Å²) in [4.78, 5) is 0.115. The van der Waals surface area contributed by atoms with Crippen LogP contribution in [-0.4, -0.2) is 49.3 Å². The van der Waals surface area contributed by atoms with Crippen molar-refractivity contribution in [3.63, 3.8) is 0 Å². The predicted octanol–water partition coefficient (Wildman–Crippen LogP) is 14.1. The molecule has 2 rings (SSSR count). The maximum absolute atomic E-state index is 6.27. The molecule has 0 aliphatic heterocycles. The Morgan fingerprint density at radius 1 is 0.596 bits per heavy atom. The summed E-state index contributed by atoms with van der Waals surface area (Å²) in [6.07, 6.45) is 15.1. The second kappa shape index (κ2) is 24.9. The number of hydrogen-bond acceptors (Lipinski definition) is 4. The second-order valence-electron chi connectivity index (χ2n) is 12.6. The fourth-order valence-electron chi connectivity index (χ4n) is 5.15. The molecule has 0 amide bonds. The van der Waals surface area contributed by atoms with Crippen molar-refractivity contribution >= 4 is 95.6 Å². The molecule has 0 aliphatic rings. The topological polar surface area (TPSA) is 36.9 Å². The van der Waals surface area contributed by atoms with Gasteiger partial charge in [-0.1, -0.05) is 124 Å². The molecule has 0 saturated carbocycles. The average Bonchev–Trinajstić information content (AvgIpc) is 3.03. The highest BCUT2D eigenvalue weighted by molar-refractivity contribution is 9.11. The third-order valence-corrected chi connectivity index (χ3v) is 11.8. The van der Waals surface area contributed by atoms with Crippen LogP contribution in [0.15, 0.2) is 42.2 Å². The predicted molar refractivity (Wildman–Crippen MR) is 221 cm³/mol. The first-order valence-electron chi connectivity index (χ1n) is 17.2. The first kappa shape index (κ1) is 44.0. The van der Waals surface area contributed by atoms with E-state index in [4.69, 9.17) is 18.9 Å². The van der Waals surface area contributed by atoms with E-state index in [0.717, 1.165) is 71.9 Å². The second-order valence-corrected chi connectivity index (χ2v) is 18.0. The van der Waals surface area contributed by atoms with Gasteiger partial charge in [-0.05, 0) is 112 Å². The molecule has 47 heavy (non-hydrogen) atoms. The van der Waals surface area contributed by atoms with E-state index in [1.807, 2.05) is 0 Å². The normalized spacial score (nSPS) is 13.1. The van der Waals surface area contributed by atoms with Crippen LogP contribution in [0.5, 0.6) is 11.5 Å². The highest BCUT2D eigenvalue weighted by Crippen LogP contribution is 2.44. The average molecular weight is 1040 g/mol. The number of ether oxygens (including phenoxy) is 4. The van der Waals surface area contributed by atoms with E-state index in [1.54, 1.807) is 0 Å². The van der Waals surface area contributed by atoms with Crippen LogP contribution in [0.1, 0.15) is 116 Å². The minimum atomic E-state index is -0.298. The van der Waals surface area contributed by atoms with Gasteiger partial charge in [0.15, 0.2) is 0 Å². The zero-order valence-electron chi connectivity index (χ0n) is 28.6. The Labute approximate surface area is 335 Å². The number of rotatable bonds is 26. The van der Waals surface area contributed by atoms with Crippen LogP contribution in [0, 0.1) is 0 Å². The molecule has 268 valence electrons. The van der Waals surface area contributed by atoms with Crippen molar-refractivity contribution in [2.45, 2.75) is 121 Å². The van der Waals surface area contributed by atoms with Crippen molar-refractivity contribution in [2.75, 3.05) is 38.4 Å². The summed E-state index contributed by atoms with van der Waals surface area (Å²) in [5, 5.41) is 0.732. The first-order valence-corrected chi connectivity index (χ1v) is 22.4. The van der Waals surface area contributed by atoms with Crippen molar-refractivity contribution in [3.8, 4) is 11.5 Å². The van der Waals surface area contributed by atoms with E-state index in [-0.39, 0.29) is 16.3 Å². The van der Waals surface area contributed by atoms with Gasteiger partial charge >= 0.3 is 0 Å². The molecule has 0 heterocycles. The highest BCUT2D eigenvalue weighted by Gasteiger charge is 2.28. The molecule has 2 unspecified atom stereocenters. The zero-order chi connectivity index (χ0) is 34.7. The lowest BCUT2D eigenvalue weighted by Crippen LogP contribution is -2.24. The largest absolute Gasteiger partial charge is 0.490 e. The van der Waals surface area contributed by atoms with E-state index in [9.17, 15) is 0 Å². The summed E-state index contributed by atoms with van der Waals surface area (Å²) in [5.41, 5.74) is 2.00. The fourth-order valence-corrected chi connectivity index (χ4v) is 8.67. The molecule has 2 atom stereocenters. The van der Waals surface area contributed by atoms with Gasteiger partial charge in [0.2, 0.25) is 0 Å². The van der Waals surface area contributed by atoms with Gasteiger partial charge in [-0.2, -0.15) is 0 Å². The first-order chi connectivity index (χ1) is 22.5. The molecular formula is C37H54Br6O4. The van der Waals surface area contributed by atoms with Crippen molar-refractivity contribution in [1.29, 1.82) is 0 Å². The number of unbranched alkanes of at least 4 members (excludes halogenated alkanes) is 10. The Kier molecular flexibility index (Phi) is 23.3. The van der Waals surface area contributed by atoms with E-state index in [1.165, 1.54) is 64.2 Å². The van der Waals surface area contributed by atoms with Crippen LogP contribution in [0.2, 0.25) is 0 Å². The lowest BCUT2D eigenvalue weighted by Gasteiger charge is -2.28. The lowest BCUT2D eigenvalue weighted by molar-refractivity contribution is 0.0335. The molecule has 0 spiro atoms. The minimum Gasteiger partial charge on any atom is -0.490 e. The molecule has 0 N–H and O–H groups in total. The van der Waals surface area contributed by atoms with E-state index >= 15 is 0 Å². The van der Waals surface area contributed by atoms with Crippen LogP contribution in [0.25, 0.3) is 0 Å². The number of alkyl halides is 2. The molecule has 2 aromatic carbocycles. The van der Waals surface area contributed by atoms with Crippen molar-refractivity contribution in [3.05, 3.63) is 53.3 Å². The summed E-state index contributed by atoms with van der Waals surface area (Å²) in [7, 11) is 0. The Bertz CT molecular complexity index is 1120. The molecule has 0 bridgehead atoms. The Hall–Kier alpha value is 0.840. The van der Waals surface area contributed by atoms with Gasteiger partial charge in [-0.15, -0.1) is 0 Å². The molecular weight excluding hydrogens is 988 g/mol. The van der Waals surface area contributed by atoms with Gasteiger partial charge in [-0.25, -0.2) is 0 Å². The smallest absolute Gasteiger partial charge is 0.147 e. The summed E-state index contributed by atoms with van der Waals surface area (Å²) in [5.74, 6) is 1.57. The molecule has 4 nitrogen and oxygen atoms in total. The van der Waals surface area contributed by atoms with Gasteiger partial charge < -0.3 is 18.9 Å². The number of halogens is 6. The number of hydrogen-bond donors (Lipinski definition) is 0. The fraction of sp³-hybridized carbons (Fsp3) is 0.676. The van der Waals surface area contributed by atoms with Gasteiger partial charge in [0.25, 0.3) is 0 Å². The quantitative estimate of drug-likeness (QED) is 0.0695. The maximum Gasteiger partial charge on any atom is 0.147 e. The maximum atomic E-state index is 6.27. The van der Waals surface area contributed by atoms with Crippen molar-refractivity contribution in [2.24, 2.45) is 0 Å². The Morgan fingerprint density at radius 3 is 1.49 bits per heavy atom. The molecule has 0 radical (unpaired) electrons. The molecule has 0 aromatic heterocycles. The van der Waals surface area contributed by atoms with E-state index in [2.05, 4.69) is 148 Å². The standard InChI is InChI=1S/C37H54Br6O4/c1-5-7-9-11-13-15-17-44-24-29(39)25-46-35-31(40)19-27(20-32(35)41)37(3,4)28-21-33(42)36(34(43)22-28)47-26-30(23-38)45-18-16-14-12-10-8-6-2/h19-22,29-30H,5-18,23-26H2,1-4H3. The Morgan fingerprint density at radius 2 is 1.02 bits per heavy atom. The van der Waals surface area contributed by atoms with E-state index < -0.39 is 0 Å². The minimum absolute atomic E-state index is 0.00607. The zero-order valence-corrected chi connectivity index (χ0v) is 38.1. The Balaban J connectivity index is 1.94. The molecule has 10 heteroatoms. The summed E-state index contributed by atoms with van der Waals surface area (Å²) < 4.78 is 28.1. The summed E-state index contributed by atoms with van der Waals surface area (Å²) in [6, 6.07) is 8.58. The van der Waals surface area contributed by atoms with Gasteiger partial charge in [0.05, 0.1) is 29.3 Å². The molecule has 0 saturated heterocycles. The summed E-state index contributed by atoms with van der Waals surface area (Å²) in [6.45, 7) is 12.1. The monoisotopic (exact) mass is 1040 g/mol. The van der Waals surface area contributed by atoms with Gasteiger partial charge in [0.1, 0.15) is 30.8 Å². The van der Waals surface area contributed by atoms with Crippen molar-refractivity contribution < 1.29 is 18.9 Å². The van der Waals surface area contributed by atoms with Crippen LogP contribution < -0.4 is 9.47 Å². The van der Waals surface area contributed by atoms with Gasteiger partial charge in [-0.3, -0.25) is 0 Å². The molecule has 0 fully saturated rings.